The summed E-state index contributed by atoms with van der Waals surface area (Å²) in [6, 6.07) is 0.820. The van der Waals surface area contributed by atoms with E-state index in [0.29, 0.717) is 6.54 Å². The Kier molecular flexibility index (Phi) is 3.56. The largest absolute Gasteiger partial charge is 0.368 e. The van der Waals surface area contributed by atoms with Gasteiger partial charge in [-0.25, -0.2) is 8.42 Å². The molecule has 1 aromatic rings. The van der Waals surface area contributed by atoms with E-state index >= 15 is 0 Å². The summed E-state index contributed by atoms with van der Waals surface area (Å²) in [5.41, 5.74) is 5.46. The van der Waals surface area contributed by atoms with Crippen LogP contribution in [-0.4, -0.2) is 31.2 Å². The van der Waals surface area contributed by atoms with Gasteiger partial charge >= 0.3 is 0 Å². The minimum Gasteiger partial charge on any atom is -0.368 e. The summed E-state index contributed by atoms with van der Waals surface area (Å²) < 4.78 is 26.8. The molecular formula is C12H15ClN2O3S2. The Labute approximate surface area is 126 Å². The molecular weight excluding hydrogens is 320 g/mol. The van der Waals surface area contributed by atoms with Crippen LogP contribution in [0.25, 0.3) is 0 Å². The van der Waals surface area contributed by atoms with Crippen molar-refractivity contribution in [1.29, 1.82) is 0 Å². The maximum atomic E-state index is 12.7. The van der Waals surface area contributed by atoms with E-state index in [4.69, 9.17) is 17.3 Å². The SMILES string of the molecule is NC(=O)[C@@H]1[C@@H]2CCC[C@H]2CN1S(=O)(=O)c1sccc1Cl. The summed E-state index contributed by atoms with van der Waals surface area (Å²) in [6.45, 7) is 0.370. The van der Waals surface area contributed by atoms with Crippen molar-refractivity contribution in [3.8, 4) is 0 Å². The van der Waals surface area contributed by atoms with Gasteiger partial charge < -0.3 is 5.73 Å². The molecule has 1 amide bonds. The number of thiophene rings is 1. The van der Waals surface area contributed by atoms with Gasteiger partial charge in [0.1, 0.15) is 6.04 Å². The molecule has 1 aliphatic carbocycles. The van der Waals surface area contributed by atoms with Crippen molar-refractivity contribution in [2.75, 3.05) is 6.54 Å². The van der Waals surface area contributed by atoms with E-state index in [1.807, 2.05) is 0 Å². The summed E-state index contributed by atoms with van der Waals surface area (Å²) >= 11 is 7.01. The van der Waals surface area contributed by atoms with Gasteiger partial charge in [0.05, 0.1) is 5.02 Å². The standard InChI is InChI=1S/C12H15ClN2O3S2/c13-9-4-5-19-12(9)20(17,18)15-6-7-2-1-3-8(7)10(15)11(14)16/h4-5,7-8,10H,1-3,6H2,(H2,14,16)/t7-,8+,10-/m0/s1. The second-order valence-corrected chi connectivity index (χ2v) is 8.74. The van der Waals surface area contributed by atoms with Crippen molar-refractivity contribution in [1.82, 2.24) is 4.31 Å². The Hall–Kier alpha value is -0.630. The number of hydrogen-bond acceptors (Lipinski definition) is 4. The molecule has 1 aromatic heterocycles. The average molecular weight is 335 g/mol. The molecule has 110 valence electrons. The first-order valence-electron chi connectivity index (χ1n) is 6.47. The van der Waals surface area contributed by atoms with Gasteiger partial charge in [0.15, 0.2) is 4.21 Å². The third kappa shape index (κ3) is 2.07. The van der Waals surface area contributed by atoms with Gasteiger partial charge in [0, 0.05) is 6.54 Å². The van der Waals surface area contributed by atoms with Crippen LogP contribution >= 0.6 is 22.9 Å². The highest BCUT2D eigenvalue weighted by molar-refractivity contribution is 7.91. The van der Waals surface area contributed by atoms with Crippen LogP contribution in [0, 0.1) is 11.8 Å². The topological polar surface area (TPSA) is 80.5 Å². The van der Waals surface area contributed by atoms with Crippen molar-refractivity contribution < 1.29 is 13.2 Å². The normalized spacial score (nSPS) is 30.6. The lowest BCUT2D eigenvalue weighted by atomic mass is 9.94. The van der Waals surface area contributed by atoms with Crippen LogP contribution in [0.4, 0.5) is 0 Å². The molecule has 0 bridgehead atoms. The molecule has 0 spiro atoms. The molecule has 3 atom stereocenters. The first-order valence-corrected chi connectivity index (χ1v) is 9.17. The number of nitrogens with zero attached hydrogens (tertiary/aromatic N) is 1. The Morgan fingerprint density at radius 1 is 1.45 bits per heavy atom. The third-order valence-corrected chi connectivity index (χ3v) is 8.12. The Bertz CT molecular complexity index is 643. The van der Waals surface area contributed by atoms with Gasteiger partial charge in [-0.15, -0.1) is 11.3 Å². The number of rotatable bonds is 3. The number of sulfonamides is 1. The van der Waals surface area contributed by atoms with Gasteiger partial charge in [-0.1, -0.05) is 18.0 Å². The highest BCUT2D eigenvalue weighted by Gasteiger charge is 2.51. The highest BCUT2D eigenvalue weighted by Crippen LogP contribution is 2.45. The number of fused-ring (bicyclic) bond motifs is 1. The van der Waals surface area contributed by atoms with E-state index in [0.717, 1.165) is 30.6 Å². The molecule has 0 radical (unpaired) electrons. The molecule has 3 rings (SSSR count). The van der Waals surface area contributed by atoms with Crippen molar-refractivity contribution in [3.05, 3.63) is 16.5 Å². The Balaban J connectivity index is 2.01. The Morgan fingerprint density at radius 2 is 2.20 bits per heavy atom. The molecule has 1 saturated heterocycles. The smallest absolute Gasteiger partial charge is 0.254 e. The molecule has 2 fully saturated rings. The minimum atomic E-state index is -3.74. The Morgan fingerprint density at radius 3 is 2.80 bits per heavy atom. The summed E-state index contributed by atoms with van der Waals surface area (Å²) in [5, 5.41) is 1.83. The third-order valence-electron chi connectivity index (χ3n) is 4.27. The molecule has 8 heteroatoms. The maximum Gasteiger partial charge on any atom is 0.254 e. The maximum absolute atomic E-state index is 12.7. The fraction of sp³-hybridized carbons (Fsp3) is 0.583. The van der Waals surface area contributed by atoms with E-state index in [2.05, 4.69) is 0 Å². The number of carbonyl (C=O) groups excluding carboxylic acids is 1. The molecule has 2 aliphatic rings. The monoisotopic (exact) mass is 334 g/mol. The van der Waals surface area contributed by atoms with Crippen LogP contribution in [0.2, 0.25) is 5.02 Å². The first kappa shape index (κ1) is 14.3. The van der Waals surface area contributed by atoms with Crippen LogP contribution < -0.4 is 5.73 Å². The van der Waals surface area contributed by atoms with Crippen LogP contribution in [0.15, 0.2) is 15.7 Å². The number of carbonyl (C=O) groups is 1. The van der Waals surface area contributed by atoms with Gasteiger partial charge in [0.25, 0.3) is 10.0 Å². The predicted octanol–water partition coefficient (Wildman–Crippen LogP) is 1.68. The van der Waals surface area contributed by atoms with Crippen molar-refractivity contribution >= 4 is 38.9 Å². The zero-order valence-electron chi connectivity index (χ0n) is 10.7. The molecule has 1 aliphatic heterocycles. The van der Waals surface area contributed by atoms with Crippen LogP contribution in [0.1, 0.15) is 19.3 Å². The van der Waals surface area contributed by atoms with Gasteiger partial charge in [-0.3, -0.25) is 4.79 Å². The number of halogens is 1. The van der Waals surface area contributed by atoms with E-state index in [1.165, 1.54) is 4.31 Å². The fourth-order valence-electron chi connectivity index (χ4n) is 3.44. The quantitative estimate of drug-likeness (QED) is 0.913. The molecule has 0 aromatic carbocycles. The van der Waals surface area contributed by atoms with Crippen LogP contribution in [0.5, 0.6) is 0 Å². The van der Waals surface area contributed by atoms with Gasteiger partial charge in [0.2, 0.25) is 5.91 Å². The van der Waals surface area contributed by atoms with E-state index in [1.54, 1.807) is 11.4 Å². The molecule has 2 heterocycles. The summed E-state index contributed by atoms with van der Waals surface area (Å²) in [5.74, 6) is -0.266. The minimum absolute atomic E-state index is 0.0565. The van der Waals surface area contributed by atoms with Crippen molar-refractivity contribution in [3.63, 3.8) is 0 Å². The molecule has 0 unspecified atom stereocenters. The zero-order valence-corrected chi connectivity index (χ0v) is 13.0. The fourth-order valence-corrected chi connectivity index (χ4v) is 6.92. The second kappa shape index (κ2) is 4.98. The van der Waals surface area contributed by atoms with Gasteiger partial charge in [-0.05, 0) is 36.1 Å². The average Bonchev–Trinajstić information content (AvgIpc) is 3.00. The molecule has 20 heavy (non-hydrogen) atoms. The zero-order chi connectivity index (χ0) is 14.5. The lowest BCUT2D eigenvalue weighted by molar-refractivity contribution is -0.122. The predicted molar refractivity (Wildman–Crippen MR) is 77.0 cm³/mol. The van der Waals surface area contributed by atoms with Crippen molar-refractivity contribution in [2.24, 2.45) is 17.6 Å². The van der Waals surface area contributed by atoms with E-state index in [-0.39, 0.29) is 21.1 Å². The van der Waals surface area contributed by atoms with Crippen LogP contribution in [-0.2, 0) is 14.8 Å². The first-order chi connectivity index (χ1) is 9.43. The van der Waals surface area contributed by atoms with Gasteiger partial charge in [-0.2, -0.15) is 4.31 Å². The summed E-state index contributed by atoms with van der Waals surface area (Å²) in [4.78, 5) is 11.7. The summed E-state index contributed by atoms with van der Waals surface area (Å²) in [6.07, 6.45) is 2.86. The lowest BCUT2D eigenvalue weighted by Gasteiger charge is -2.24. The number of nitrogens with two attached hydrogens (primary N) is 1. The molecule has 5 nitrogen and oxygen atoms in total. The lowest BCUT2D eigenvalue weighted by Crippen LogP contribution is -2.46. The number of amides is 1. The molecule has 1 saturated carbocycles. The highest BCUT2D eigenvalue weighted by atomic mass is 35.5. The second-order valence-electron chi connectivity index (χ2n) is 5.33. The number of primary amides is 1. The summed E-state index contributed by atoms with van der Waals surface area (Å²) in [7, 11) is -3.74. The molecule has 2 N–H and O–H groups in total. The van der Waals surface area contributed by atoms with Crippen molar-refractivity contribution in [2.45, 2.75) is 29.5 Å². The number of hydrogen-bond donors (Lipinski definition) is 1. The van der Waals surface area contributed by atoms with E-state index in [9.17, 15) is 13.2 Å². The van der Waals surface area contributed by atoms with Crippen LogP contribution in [0.3, 0.4) is 0 Å². The van der Waals surface area contributed by atoms with E-state index < -0.39 is 22.0 Å².